The molecule has 2 aromatic rings. The lowest BCUT2D eigenvalue weighted by Gasteiger charge is -2.55. The molecule has 0 radical (unpaired) electrons. The Bertz CT molecular complexity index is 1840. The maximum absolute atomic E-state index is 15.0. The van der Waals surface area contributed by atoms with Gasteiger partial charge in [0.2, 0.25) is 5.91 Å². The molecule has 1 aliphatic carbocycles. The number of amides is 2. The number of ether oxygens (including phenoxy) is 2. The van der Waals surface area contributed by atoms with Crippen LogP contribution in [0.25, 0.3) is 0 Å². The number of nitrogens with zero attached hydrogens (tertiary/aromatic N) is 5. The maximum atomic E-state index is 15.0. The highest BCUT2D eigenvalue weighted by Crippen LogP contribution is 2.51. The van der Waals surface area contributed by atoms with Crippen LogP contribution in [0.4, 0.5) is 14.9 Å². The standard InChI is InChI=1S/C41H54FN5O6S/c1-4-38(48)47-23-18-34(47)25-54(50,51)35-14-12-33(13-15-35)46-27-40(28-46,53-3)26-45-21-16-30(17-22-45)41(29-44-19-7-20-44,31-8-5-9-32(42)24-31)36-10-6-11-37(36)43-39(49)52-2/h4-5,8-9,12-15,24,30,34,36H,1,6-7,10-11,16-23,25-29H2,2-3H3/b43-37+/t34-,36+,41?/m1/s1. The van der Waals surface area contributed by atoms with Gasteiger partial charge in [0.25, 0.3) is 0 Å². The highest BCUT2D eigenvalue weighted by Gasteiger charge is 2.53. The first-order chi connectivity index (χ1) is 26.0. The molecule has 292 valence electrons. The molecule has 2 aromatic carbocycles. The molecule has 0 bridgehead atoms. The zero-order valence-electron chi connectivity index (χ0n) is 31.6. The second-order valence-corrected chi connectivity index (χ2v) is 18.0. The molecule has 11 nitrogen and oxygen atoms in total. The van der Waals surface area contributed by atoms with Crippen LogP contribution >= 0.6 is 0 Å². The van der Waals surface area contributed by atoms with Gasteiger partial charge in [-0.1, -0.05) is 18.7 Å². The van der Waals surface area contributed by atoms with Crippen LogP contribution in [-0.4, -0.2) is 131 Å². The van der Waals surface area contributed by atoms with Crippen molar-refractivity contribution in [3.63, 3.8) is 0 Å². The average molecular weight is 764 g/mol. The summed E-state index contributed by atoms with van der Waals surface area (Å²) < 4.78 is 52.5. The van der Waals surface area contributed by atoms with Crippen LogP contribution in [0.2, 0.25) is 0 Å². The Labute approximate surface area is 319 Å². The molecule has 1 saturated carbocycles. The van der Waals surface area contributed by atoms with E-state index in [2.05, 4.69) is 32.3 Å². The highest BCUT2D eigenvalue weighted by molar-refractivity contribution is 7.91. The number of anilines is 1. The molecule has 0 N–H and O–H groups in total. The number of halogens is 1. The minimum atomic E-state index is -3.56. The first-order valence-corrected chi connectivity index (χ1v) is 21.1. The van der Waals surface area contributed by atoms with Gasteiger partial charge in [-0.15, -0.1) is 0 Å². The molecule has 3 atom stereocenters. The third kappa shape index (κ3) is 7.61. The summed E-state index contributed by atoms with van der Waals surface area (Å²) in [4.78, 5) is 38.0. The van der Waals surface area contributed by atoms with Crippen molar-refractivity contribution in [1.29, 1.82) is 0 Å². The van der Waals surface area contributed by atoms with Gasteiger partial charge in [0, 0.05) is 55.5 Å². The van der Waals surface area contributed by atoms with Crippen LogP contribution in [0.1, 0.15) is 50.5 Å². The first kappa shape index (κ1) is 38.6. The molecular weight excluding hydrogens is 710 g/mol. The van der Waals surface area contributed by atoms with Gasteiger partial charge in [0.15, 0.2) is 9.84 Å². The Morgan fingerprint density at radius 1 is 0.981 bits per heavy atom. The minimum Gasteiger partial charge on any atom is -0.451 e. The molecule has 2 amide bonds. The first-order valence-electron chi connectivity index (χ1n) is 19.4. The largest absolute Gasteiger partial charge is 0.451 e. The van der Waals surface area contributed by atoms with Crippen molar-refractivity contribution in [2.75, 3.05) is 83.8 Å². The van der Waals surface area contributed by atoms with Crippen LogP contribution < -0.4 is 4.90 Å². The maximum Gasteiger partial charge on any atom is 0.433 e. The van der Waals surface area contributed by atoms with Gasteiger partial charge in [-0.3, -0.25) is 4.79 Å². The minimum absolute atomic E-state index is 0.0248. The topological polar surface area (TPSA) is 112 Å². The van der Waals surface area contributed by atoms with E-state index < -0.39 is 15.9 Å². The third-order valence-corrected chi connectivity index (χ3v) is 14.8. The lowest BCUT2D eigenvalue weighted by molar-refractivity contribution is -0.132. The number of benzene rings is 2. The van der Waals surface area contributed by atoms with Crippen LogP contribution in [-0.2, 0) is 29.5 Å². The number of piperidine rings is 1. The van der Waals surface area contributed by atoms with Crippen LogP contribution in [0.5, 0.6) is 0 Å². The predicted molar refractivity (Wildman–Crippen MR) is 206 cm³/mol. The van der Waals surface area contributed by atoms with E-state index in [0.29, 0.717) is 26.1 Å². The summed E-state index contributed by atoms with van der Waals surface area (Å²) in [6, 6.07) is 13.9. The van der Waals surface area contributed by atoms with Crippen molar-refractivity contribution < 1.29 is 31.9 Å². The number of hydrogen-bond acceptors (Lipinski definition) is 9. The summed E-state index contributed by atoms with van der Waals surface area (Å²) >= 11 is 0. The summed E-state index contributed by atoms with van der Waals surface area (Å²) in [5.41, 5.74) is 2.10. The molecule has 5 fully saturated rings. The van der Waals surface area contributed by atoms with E-state index in [9.17, 15) is 18.0 Å². The van der Waals surface area contributed by atoms with Crippen LogP contribution in [0.3, 0.4) is 0 Å². The van der Waals surface area contributed by atoms with E-state index in [0.717, 1.165) is 94.8 Å². The third-order valence-electron chi connectivity index (χ3n) is 12.9. The highest BCUT2D eigenvalue weighted by atomic mass is 32.2. The molecule has 4 heterocycles. The zero-order chi connectivity index (χ0) is 38.1. The fourth-order valence-corrected chi connectivity index (χ4v) is 11.4. The van der Waals surface area contributed by atoms with Gasteiger partial charge in [-0.05, 0) is 125 Å². The monoisotopic (exact) mass is 763 g/mol. The lowest BCUT2D eigenvalue weighted by atomic mass is 9.58. The number of carbonyl (C=O) groups excluding carboxylic acids is 2. The number of methoxy groups -OCH3 is 2. The van der Waals surface area contributed by atoms with Crippen molar-refractivity contribution in [2.45, 2.75) is 66.9 Å². The summed E-state index contributed by atoms with van der Waals surface area (Å²) in [5.74, 6) is -0.272. The number of rotatable bonds is 13. The van der Waals surface area contributed by atoms with Gasteiger partial charge in [-0.25, -0.2) is 17.6 Å². The van der Waals surface area contributed by atoms with Crippen LogP contribution in [0.15, 0.2) is 71.1 Å². The van der Waals surface area contributed by atoms with E-state index in [1.807, 2.05) is 18.2 Å². The number of hydrogen-bond donors (Lipinski definition) is 0. The van der Waals surface area contributed by atoms with E-state index >= 15 is 4.39 Å². The normalized spacial score (nSPS) is 25.4. The van der Waals surface area contributed by atoms with E-state index in [-0.39, 0.29) is 51.3 Å². The van der Waals surface area contributed by atoms with E-state index in [4.69, 9.17) is 9.47 Å². The van der Waals surface area contributed by atoms with Crippen molar-refractivity contribution in [3.8, 4) is 0 Å². The van der Waals surface area contributed by atoms with Crippen molar-refractivity contribution >= 4 is 33.2 Å². The molecule has 7 rings (SSSR count). The number of likely N-dealkylation sites (tertiary alicyclic amines) is 3. The average Bonchev–Trinajstić information content (AvgIpc) is 3.60. The van der Waals surface area contributed by atoms with E-state index in [1.165, 1.54) is 19.3 Å². The van der Waals surface area contributed by atoms with Gasteiger partial charge in [0.05, 0.1) is 30.8 Å². The molecule has 13 heteroatoms. The van der Waals surface area contributed by atoms with Gasteiger partial charge in [0.1, 0.15) is 11.4 Å². The molecule has 54 heavy (non-hydrogen) atoms. The fraction of sp³-hybridized carbons (Fsp3) is 0.585. The van der Waals surface area contributed by atoms with Gasteiger partial charge >= 0.3 is 6.09 Å². The Hall–Kier alpha value is -3.65. The Kier molecular flexibility index (Phi) is 11.3. The molecule has 5 aliphatic rings. The predicted octanol–water partition coefficient (Wildman–Crippen LogP) is 4.95. The Balaban J connectivity index is 1.02. The van der Waals surface area contributed by atoms with E-state index in [1.54, 1.807) is 30.2 Å². The summed E-state index contributed by atoms with van der Waals surface area (Å²) in [5, 5.41) is 0. The molecule has 4 aliphatic heterocycles. The second-order valence-electron chi connectivity index (χ2n) is 15.9. The number of aliphatic imine (C=N–C) groups is 1. The molecule has 0 aromatic heterocycles. The van der Waals surface area contributed by atoms with Crippen molar-refractivity contribution in [1.82, 2.24) is 14.7 Å². The van der Waals surface area contributed by atoms with Gasteiger partial charge in [-0.2, -0.15) is 4.99 Å². The second kappa shape index (κ2) is 15.8. The smallest absolute Gasteiger partial charge is 0.433 e. The number of carbonyl (C=O) groups is 2. The lowest BCUT2D eigenvalue weighted by Crippen LogP contribution is -2.68. The number of sulfone groups is 1. The molecular formula is C41H54FN5O6S. The Morgan fingerprint density at radius 3 is 2.31 bits per heavy atom. The molecule has 1 unspecified atom stereocenters. The van der Waals surface area contributed by atoms with Gasteiger partial charge < -0.3 is 29.1 Å². The fourth-order valence-electron chi connectivity index (χ4n) is 9.79. The SMILES string of the molecule is C=CC(=O)N1CC[C@@H]1CS(=O)(=O)c1ccc(N2CC(CN3CCC(C(CN4CCC4)(c4cccc(F)c4)[C@H]4CCC/C4=N\C(=O)OC)CC3)(OC)C2)cc1. The van der Waals surface area contributed by atoms with Crippen molar-refractivity contribution in [3.05, 3.63) is 72.6 Å². The summed E-state index contributed by atoms with van der Waals surface area (Å²) in [6.45, 7) is 10.9. The summed E-state index contributed by atoms with van der Waals surface area (Å²) in [6.07, 6.45) is 6.96. The Morgan fingerprint density at radius 2 is 1.72 bits per heavy atom. The molecule has 0 spiro atoms. The van der Waals surface area contributed by atoms with Crippen LogP contribution in [0, 0.1) is 17.7 Å². The van der Waals surface area contributed by atoms with Crippen molar-refractivity contribution in [2.24, 2.45) is 16.8 Å². The summed E-state index contributed by atoms with van der Waals surface area (Å²) in [7, 11) is -0.421. The quantitative estimate of drug-likeness (QED) is 0.262. The zero-order valence-corrected chi connectivity index (χ0v) is 32.4. The molecule has 4 saturated heterocycles.